The first-order valence-electron chi connectivity index (χ1n) is 6.16. The molecule has 0 spiro atoms. The van der Waals surface area contributed by atoms with Crippen molar-refractivity contribution in [2.45, 2.75) is 38.9 Å². The quantitative estimate of drug-likeness (QED) is 0.748. The van der Waals surface area contributed by atoms with E-state index in [0.29, 0.717) is 12.6 Å². The van der Waals surface area contributed by atoms with Gasteiger partial charge < -0.3 is 14.8 Å². The van der Waals surface area contributed by atoms with Crippen LogP contribution in [0.25, 0.3) is 0 Å². The van der Waals surface area contributed by atoms with Crippen LogP contribution in [0.4, 0.5) is 0 Å². The van der Waals surface area contributed by atoms with E-state index >= 15 is 0 Å². The van der Waals surface area contributed by atoms with Gasteiger partial charge in [-0.2, -0.15) is 0 Å². The van der Waals surface area contributed by atoms with E-state index in [1.807, 2.05) is 4.90 Å². The molecule has 1 saturated heterocycles. The zero-order chi connectivity index (χ0) is 11.8. The predicted octanol–water partition coefficient (Wildman–Crippen LogP) is 0.0647. The molecule has 1 unspecified atom stereocenters. The average molecular weight is 235 g/mol. The standard InChI is InChI=1S/C11H17N5O/c1-8(17)15-5-6-16-10(7-15)13-14-11(16)9-3-2-4-12-9/h9,12H,2-7H2,1H3. The maximum absolute atomic E-state index is 11.3. The number of rotatable bonds is 1. The molecule has 1 atom stereocenters. The van der Waals surface area contributed by atoms with Crippen LogP contribution < -0.4 is 5.32 Å². The molecular formula is C11H17N5O. The number of fused-ring (bicyclic) bond motifs is 1. The maximum atomic E-state index is 11.3. The molecule has 6 nitrogen and oxygen atoms in total. The van der Waals surface area contributed by atoms with Crippen molar-refractivity contribution in [1.29, 1.82) is 0 Å². The largest absolute Gasteiger partial charge is 0.334 e. The molecular weight excluding hydrogens is 218 g/mol. The van der Waals surface area contributed by atoms with E-state index in [0.717, 1.165) is 37.7 Å². The third-order valence-electron chi connectivity index (χ3n) is 3.60. The van der Waals surface area contributed by atoms with Crippen molar-refractivity contribution in [2.24, 2.45) is 0 Å². The maximum Gasteiger partial charge on any atom is 0.219 e. The molecule has 0 aliphatic carbocycles. The summed E-state index contributed by atoms with van der Waals surface area (Å²) in [4.78, 5) is 13.1. The van der Waals surface area contributed by atoms with E-state index in [2.05, 4.69) is 20.1 Å². The van der Waals surface area contributed by atoms with Crippen LogP contribution in [0.5, 0.6) is 0 Å². The highest BCUT2D eigenvalue weighted by Gasteiger charge is 2.27. The first kappa shape index (κ1) is 10.7. The SMILES string of the molecule is CC(=O)N1CCn2c(nnc2C2CCCN2)C1. The molecule has 0 bridgehead atoms. The van der Waals surface area contributed by atoms with Crippen LogP contribution in [-0.2, 0) is 17.9 Å². The minimum atomic E-state index is 0.111. The van der Waals surface area contributed by atoms with Gasteiger partial charge in [-0.05, 0) is 19.4 Å². The van der Waals surface area contributed by atoms with Crippen LogP contribution in [0, 0.1) is 0 Å². The second-order valence-electron chi connectivity index (χ2n) is 4.72. The fourth-order valence-corrected chi connectivity index (χ4v) is 2.61. The molecule has 2 aliphatic heterocycles. The number of amides is 1. The minimum Gasteiger partial charge on any atom is -0.334 e. The molecule has 1 fully saturated rings. The third kappa shape index (κ3) is 1.82. The van der Waals surface area contributed by atoms with Crippen molar-refractivity contribution in [2.75, 3.05) is 13.1 Å². The van der Waals surface area contributed by atoms with E-state index in [1.165, 1.54) is 6.42 Å². The number of aromatic nitrogens is 3. The fourth-order valence-electron chi connectivity index (χ4n) is 2.61. The van der Waals surface area contributed by atoms with Crippen LogP contribution in [0.15, 0.2) is 0 Å². The van der Waals surface area contributed by atoms with E-state index < -0.39 is 0 Å². The molecule has 92 valence electrons. The van der Waals surface area contributed by atoms with Gasteiger partial charge in [-0.1, -0.05) is 0 Å². The van der Waals surface area contributed by atoms with Gasteiger partial charge in [-0.3, -0.25) is 4.79 Å². The number of nitrogens with one attached hydrogen (secondary N) is 1. The molecule has 3 rings (SSSR count). The summed E-state index contributed by atoms with van der Waals surface area (Å²) in [7, 11) is 0. The van der Waals surface area contributed by atoms with Crippen LogP contribution in [0.2, 0.25) is 0 Å². The zero-order valence-corrected chi connectivity index (χ0v) is 10.0. The lowest BCUT2D eigenvalue weighted by Gasteiger charge is -2.27. The van der Waals surface area contributed by atoms with Crippen molar-refractivity contribution in [3.63, 3.8) is 0 Å². The molecule has 6 heteroatoms. The highest BCUT2D eigenvalue weighted by atomic mass is 16.2. The van der Waals surface area contributed by atoms with Crippen molar-refractivity contribution in [3.8, 4) is 0 Å². The van der Waals surface area contributed by atoms with Gasteiger partial charge in [-0.15, -0.1) is 10.2 Å². The summed E-state index contributed by atoms with van der Waals surface area (Å²) in [5.74, 6) is 2.07. The fraction of sp³-hybridized carbons (Fsp3) is 0.727. The number of hydrogen-bond donors (Lipinski definition) is 1. The van der Waals surface area contributed by atoms with Crippen LogP contribution in [0.1, 0.15) is 37.5 Å². The van der Waals surface area contributed by atoms with Gasteiger partial charge in [0.25, 0.3) is 0 Å². The lowest BCUT2D eigenvalue weighted by Crippen LogP contribution is -2.37. The average Bonchev–Trinajstić information content (AvgIpc) is 2.96. The second-order valence-corrected chi connectivity index (χ2v) is 4.72. The highest BCUT2D eigenvalue weighted by Crippen LogP contribution is 2.23. The molecule has 0 saturated carbocycles. The number of carbonyl (C=O) groups excluding carboxylic acids is 1. The minimum absolute atomic E-state index is 0.111. The van der Waals surface area contributed by atoms with Gasteiger partial charge in [0, 0.05) is 20.0 Å². The van der Waals surface area contributed by atoms with Gasteiger partial charge in [0.1, 0.15) is 5.82 Å². The van der Waals surface area contributed by atoms with E-state index in [9.17, 15) is 4.79 Å². The Bertz CT molecular complexity index is 435. The molecule has 2 aliphatic rings. The molecule has 1 N–H and O–H groups in total. The van der Waals surface area contributed by atoms with Crippen molar-refractivity contribution >= 4 is 5.91 Å². The Kier molecular flexibility index (Phi) is 2.58. The number of hydrogen-bond acceptors (Lipinski definition) is 4. The van der Waals surface area contributed by atoms with Crippen LogP contribution in [-0.4, -0.2) is 38.7 Å². The Morgan fingerprint density at radius 1 is 1.41 bits per heavy atom. The molecule has 1 aromatic rings. The summed E-state index contributed by atoms with van der Waals surface area (Å²) in [6, 6.07) is 0.347. The van der Waals surface area contributed by atoms with Crippen LogP contribution >= 0.6 is 0 Å². The van der Waals surface area contributed by atoms with Crippen molar-refractivity contribution < 1.29 is 4.79 Å². The molecule has 3 heterocycles. The highest BCUT2D eigenvalue weighted by molar-refractivity contribution is 5.73. The molecule has 1 amide bonds. The zero-order valence-electron chi connectivity index (χ0n) is 10.0. The van der Waals surface area contributed by atoms with Gasteiger partial charge >= 0.3 is 0 Å². The Hall–Kier alpha value is -1.43. The molecule has 0 radical (unpaired) electrons. The Morgan fingerprint density at radius 2 is 2.29 bits per heavy atom. The van der Waals surface area contributed by atoms with Gasteiger partial charge in [0.15, 0.2) is 5.82 Å². The molecule has 17 heavy (non-hydrogen) atoms. The topological polar surface area (TPSA) is 63.1 Å². The molecule has 1 aromatic heterocycles. The molecule has 0 aromatic carbocycles. The third-order valence-corrected chi connectivity index (χ3v) is 3.60. The lowest BCUT2D eigenvalue weighted by molar-refractivity contribution is -0.130. The Morgan fingerprint density at radius 3 is 3.00 bits per heavy atom. The first-order chi connectivity index (χ1) is 8.25. The second kappa shape index (κ2) is 4.10. The number of carbonyl (C=O) groups is 1. The van der Waals surface area contributed by atoms with E-state index in [-0.39, 0.29) is 5.91 Å². The summed E-state index contributed by atoms with van der Waals surface area (Å²) >= 11 is 0. The lowest BCUT2D eigenvalue weighted by atomic mass is 10.2. The summed E-state index contributed by atoms with van der Waals surface area (Å²) in [5.41, 5.74) is 0. The van der Waals surface area contributed by atoms with Gasteiger partial charge in [0.2, 0.25) is 5.91 Å². The summed E-state index contributed by atoms with van der Waals surface area (Å²) < 4.78 is 2.17. The van der Waals surface area contributed by atoms with Gasteiger partial charge in [-0.25, -0.2) is 0 Å². The monoisotopic (exact) mass is 235 g/mol. The Labute approximate surface area is 100 Å². The van der Waals surface area contributed by atoms with E-state index in [1.54, 1.807) is 6.92 Å². The Balaban J connectivity index is 1.84. The van der Waals surface area contributed by atoms with Crippen molar-refractivity contribution in [1.82, 2.24) is 25.0 Å². The summed E-state index contributed by atoms with van der Waals surface area (Å²) in [6.07, 6.45) is 2.33. The van der Waals surface area contributed by atoms with Gasteiger partial charge in [0.05, 0.1) is 12.6 Å². The van der Waals surface area contributed by atoms with Crippen molar-refractivity contribution in [3.05, 3.63) is 11.6 Å². The smallest absolute Gasteiger partial charge is 0.219 e. The number of nitrogens with zero attached hydrogens (tertiary/aromatic N) is 4. The summed E-state index contributed by atoms with van der Waals surface area (Å²) in [5, 5.41) is 11.9. The first-order valence-corrected chi connectivity index (χ1v) is 6.16. The predicted molar refractivity (Wildman–Crippen MR) is 61.1 cm³/mol. The van der Waals surface area contributed by atoms with Crippen LogP contribution in [0.3, 0.4) is 0 Å². The van der Waals surface area contributed by atoms with E-state index in [4.69, 9.17) is 0 Å². The normalized spacial score (nSPS) is 23.8. The summed E-state index contributed by atoms with van der Waals surface area (Å²) in [6.45, 7) is 4.84.